The Kier molecular flexibility index (Phi) is 4.33. The fourth-order valence-electron chi connectivity index (χ4n) is 5.47. The van der Waals surface area contributed by atoms with Crippen LogP contribution in [-0.2, 0) is 10.3 Å². The number of aromatic amines is 1. The molecule has 2 aliphatic rings. The van der Waals surface area contributed by atoms with Crippen LogP contribution in [0.5, 0.6) is 5.75 Å². The van der Waals surface area contributed by atoms with Gasteiger partial charge in [-0.1, -0.05) is 42.5 Å². The van der Waals surface area contributed by atoms with E-state index in [9.17, 15) is 14.0 Å². The molecule has 0 saturated carbocycles. The van der Waals surface area contributed by atoms with Crippen molar-refractivity contribution in [3.8, 4) is 5.75 Å². The molecule has 3 aromatic carbocycles. The van der Waals surface area contributed by atoms with Crippen molar-refractivity contribution in [3.05, 3.63) is 95.4 Å². The quantitative estimate of drug-likeness (QED) is 0.435. The number of hydrogen-bond donors (Lipinski definition) is 1. The van der Waals surface area contributed by atoms with Gasteiger partial charge in [-0.15, -0.1) is 0 Å². The topological polar surface area (TPSA) is 65.6 Å². The summed E-state index contributed by atoms with van der Waals surface area (Å²) in [6.45, 7) is 2.04. The molecule has 170 valence electrons. The smallest absolute Gasteiger partial charge is 0.332 e. The van der Waals surface area contributed by atoms with Crippen molar-refractivity contribution in [2.24, 2.45) is 0 Å². The van der Waals surface area contributed by atoms with Gasteiger partial charge in [-0.3, -0.25) is 4.79 Å². The summed E-state index contributed by atoms with van der Waals surface area (Å²) in [6, 6.07) is 20.7. The standard InChI is InChI=1S/C27H22FN3O3/c1-27-24-23(19-11-3-5-12-21(19)29-24)20(18-10-4-6-13-22(18)34-2)15-30(27)26(33)31(25(27)32)17-9-7-8-16(28)14-17/h3-14,20,29H,15H2,1-2H3/t20-,27-/m0/s1. The number of aromatic nitrogens is 1. The van der Waals surface area contributed by atoms with E-state index in [1.54, 1.807) is 25.0 Å². The van der Waals surface area contributed by atoms with Crippen LogP contribution in [0.3, 0.4) is 0 Å². The molecule has 1 saturated heterocycles. The van der Waals surface area contributed by atoms with Gasteiger partial charge in [0.2, 0.25) is 0 Å². The van der Waals surface area contributed by atoms with Gasteiger partial charge < -0.3 is 14.6 Å². The van der Waals surface area contributed by atoms with Gasteiger partial charge >= 0.3 is 6.03 Å². The molecular weight excluding hydrogens is 433 g/mol. The van der Waals surface area contributed by atoms with Crippen LogP contribution in [0.2, 0.25) is 0 Å². The number of H-pyrrole nitrogens is 1. The van der Waals surface area contributed by atoms with E-state index in [2.05, 4.69) is 4.98 Å². The lowest BCUT2D eigenvalue weighted by atomic mass is 9.78. The number of nitrogens with zero attached hydrogens (tertiary/aromatic N) is 2. The van der Waals surface area contributed by atoms with Crippen LogP contribution in [0, 0.1) is 5.82 Å². The normalized spacial score (nSPS) is 21.7. The molecule has 0 unspecified atom stereocenters. The van der Waals surface area contributed by atoms with E-state index in [0.29, 0.717) is 11.4 Å². The molecule has 0 radical (unpaired) electrons. The fourth-order valence-corrected chi connectivity index (χ4v) is 5.47. The number of carbonyl (C=O) groups is 2. The van der Waals surface area contributed by atoms with Crippen molar-refractivity contribution in [1.82, 2.24) is 9.88 Å². The molecule has 3 heterocycles. The second-order valence-electron chi connectivity index (χ2n) is 8.84. The first-order chi connectivity index (χ1) is 16.4. The van der Waals surface area contributed by atoms with Gasteiger partial charge in [-0.05, 0) is 42.8 Å². The maximum atomic E-state index is 14.0. The van der Waals surface area contributed by atoms with E-state index in [-0.39, 0.29) is 18.2 Å². The molecule has 2 atom stereocenters. The van der Waals surface area contributed by atoms with Crippen molar-refractivity contribution >= 4 is 28.5 Å². The molecule has 6 rings (SSSR count). The summed E-state index contributed by atoms with van der Waals surface area (Å²) in [7, 11) is 1.62. The zero-order valence-electron chi connectivity index (χ0n) is 18.7. The summed E-state index contributed by atoms with van der Waals surface area (Å²) < 4.78 is 19.7. The van der Waals surface area contributed by atoms with Crippen molar-refractivity contribution in [1.29, 1.82) is 0 Å². The van der Waals surface area contributed by atoms with E-state index in [0.717, 1.165) is 26.9 Å². The van der Waals surface area contributed by atoms with Crippen LogP contribution in [-0.4, -0.2) is 35.5 Å². The number of anilines is 1. The number of urea groups is 1. The molecule has 0 bridgehead atoms. The third-order valence-corrected chi connectivity index (χ3v) is 7.11. The van der Waals surface area contributed by atoms with Crippen LogP contribution < -0.4 is 9.64 Å². The minimum Gasteiger partial charge on any atom is -0.496 e. The average Bonchev–Trinajstić information content (AvgIpc) is 3.33. The lowest BCUT2D eigenvalue weighted by Gasteiger charge is -2.40. The Labute approximate surface area is 195 Å². The zero-order valence-corrected chi connectivity index (χ0v) is 18.7. The number of rotatable bonds is 3. The summed E-state index contributed by atoms with van der Waals surface area (Å²) in [4.78, 5) is 33.7. The predicted octanol–water partition coefficient (Wildman–Crippen LogP) is 5.15. The first-order valence-corrected chi connectivity index (χ1v) is 11.1. The van der Waals surface area contributed by atoms with Gasteiger partial charge in [0.15, 0.2) is 5.54 Å². The number of fused-ring (bicyclic) bond motifs is 5. The SMILES string of the molecule is COc1ccccc1[C@@H]1CN2C(=O)N(c3cccc(F)c3)C(=O)[C@]2(C)c2[nH]c3ccccc3c21. The lowest BCUT2D eigenvalue weighted by Crippen LogP contribution is -2.50. The predicted molar refractivity (Wildman–Crippen MR) is 126 cm³/mol. The second-order valence-corrected chi connectivity index (χ2v) is 8.84. The van der Waals surface area contributed by atoms with Gasteiger partial charge in [0, 0.05) is 28.9 Å². The number of para-hydroxylation sites is 2. The van der Waals surface area contributed by atoms with Crippen LogP contribution in [0.1, 0.15) is 29.7 Å². The second kappa shape index (κ2) is 7.18. The number of benzene rings is 3. The number of methoxy groups -OCH3 is 1. The molecule has 0 spiro atoms. The average molecular weight is 455 g/mol. The molecule has 34 heavy (non-hydrogen) atoms. The molecule has 1 fully saturated rings. The third kappa shape index (κ3) is 2.61. The largest absolute Gasteiger partial charge is 0.496 e. The Balaban J connectivity index is 1.60. The molecule has 2 aliphatic heterocycles. The van der Waals surface area contributed by atoms with Crippen LogP contribution in [0.4, 0.5) is 14.9 Å². The summed E-state index contributed by atoms with van der Waals surface area (Å²) in [5.41, 5.74) is 2.43. The van der Waals surface area contributed by atoms with Crippen molar-refractivity contribution in [2.45, 2.75) is 18.4 Å². The Morgan fingerprint density at radius 2 is 1.79 bits per heavy atom. The minimum absolute atomic E-state index is 0.220. The Morgan fingerprint density at radius 3 is 2.59 bits per heavy atom. The highest BCUT2D eigenvalue weighted by Gasteiger charge is 2.60. The summed E-state index contributed by atoms with van der Waals surface area (Å²) in [5, 5.41) is 0.999. The van der Waals surface area contributed by atoms with Crippen molar-refractivity contribution in [2.75, 3.05) is 18.6 Å². The molecule has 1 aromatic heterocycles. The minimum atomic E-state index is -1.25. The van der Waals surface area contributed by atoms with E-state index in [1.807, 2.05) is 48.5 Å². The number of ether oxygens (including phenoxy) is 1. The van der Waals surface area contributed by atoms with Gasteiger partial charge in [-0.2, -0.15) is 0 Å². The van der Waals surface area contributed by atoms with E-state index in [4.69, 9.17) is 4.74 Å². The zero-order chi connectivity index (χ0) is 23.6. The van der Waals surface area contributed by atoms with Crippen LogP contribution in [0.25, 0.3) is 10.9 Å². The van der Waals surface area contributed by atoms with Crippen molar-refractivity contribution in [3.63, 3.8) is 0 Å². The number of nitrogens with one attached hydrogen (secondary N) is 1. The summed E-state index contributed by atoms with van der Waals surface area (Å²) in [5.74, 6) is -0.424. The lowest BCUT2D eigenvalue weighted by molar-refractivity contribution is -0.125. The number of halogens is 1. The van der Waals surface area contributed by atoms with E-state index >= 15 is 0 Å². The Bertz CT molecular complexity index is 1480. The third-order valence-electron chi connectivity index (χ3n) is 7.11. The monoisotopic (exact) mass is 455 g/mol. The van der Waals surface area contributed by atoms with Gasteiger partial charge in [-0.25, -0.2) is 14.1 Å². The maximum Gasteiger partial charge on any atom is 0.332 e. The van der Waals surface area contributed by atoms with Gasteiger partial charge in [0.25, 0.3) is 5.91 Å². The first-order valence-electron chi connectivity index (χ1n) is 11.1. The van der Waals surface area contributed by atoms with Gasteiger partial charge in [0.1, 0.15) is 11.6 Å². The molecule has 6 nitrogen and oxygen atoms in total. The fraction of sp³-hybridized carbons (Fsp3) is 0.185. The Hall–Kier alpha value is -4.13. The molecular formula is C27H22FN3O3. The number of carbonyl (C=O) groups excluding carboxylic acids is 2. The summed E-state index contributed by atoms with van der Waals surface area (Å²) >= 11 is 0. The number of hydrogen-bond acceptors (Lipinski definition) is 3. The van der Waals surface area contributed by atoms with E-state index in [1.165, 1.54) is 18.2 Å². The molecule has 0 aliphatic carbocycles. The number of imide groups is 1. The molecule has 3 amide bonds. The highest BCUT2D eigenvalue weighted by molar-refractivity contribution is 6.23. The highest BCUT2D eigenvalue weighted by atomic mass is 19.1. The molecule has 7 heteroatoms. The van der Waals surface area contributed by atoms with Crippen molar-refractivity contribution < 1.29 is 18.7 Å². The molecule has 1 N–H and O–H groups in total. The van der Waals surface area contributed by atoms with E-state index < -0.39 is 23.3 Å². The maximum absolute atomic E-state index is 14.0. The Morgan fingerprint density at radius 1 is 1.03 bits per heavy atom. The highest BCUT2D eigenvalue weighted by Crippen LogP contribution is 2.51. The van der Waals surface area contributed by atoms with Crippen LogP contribution in [0.15, 0.2) is 72.8 Å². The number of amides is 3. The summed E-state index contributed by atoms with van der Waals surface area (Å²) in [6.07, 6.45) is 0. The van der Waals surface area contributed by atoms with Crippen LogP contribution >= 0.6 is 0 Å². The molecule has 4 aromatic rings. The first kappa shape index (κ1) is 20.5. The van der Waals surface area contributed by atoms with Gasteiger partial charge in [0.05, 0.1) is 18.5 Å².